The van der Waals surface area contributed by atoms with Gasteiger partial charge in [-0.1, -0.05) is 58.0 Å². The number of nitrogens with zero attached hydrogens (tertiary/aromatic N) is 4. The topological polar surface area (TPSA) is 159 Å². The third-order valence-corrected chi connectivity index (χ3v) is 11.0. The lowest BCUT2D eigenvalue weighted by Gasteiger charge is -2.34. The number of hydrogen-bond donors (Lipinski definition) is 2. The Morgan fingerprint density at radius 2 is 1.72 bits per heavy atom. The van der Waals surface area contributed by atoms with Crippen molar-refractivity contribution >= 4 is 39.2 Å². The third kappa shape index (κ3) is 9.66. The standard InChI is InChI=1S/C35H47N5O8S2/c1-23(2)17-38(50(45,46)28-14-12-27(48-6)13-15-28)19-30(41)29(16-25-10-8-7-9-11-25)37-34(43)33(24(3)4)40-20-32(42)39(35(40)44)18-26-22-49-31(36-26)21-47-5/h7-15,22-24,29-30,33,41H,16-21H2,1-6H3,(H,37,43)/t29-,30+,33?/m0/s1. The third-order valence-electron chi connectivity index (χ3n) is 8.25. The lowest BCUT2D eigenvalue weighted by Crippen LogP contribution is -2.57. The quantitative estimate of drug-likeness (QED) is 0.187. The van der Waals surface area contributed by atoms with Crippen LogP contribution in [-0.4, -0.2) is 103 Å². The summed E-state index contributed by atoms with van der Waals surface area (Å²) in [7, 11) is -0.998. The van der Waals surface area contributed by atoms with Crippen molar-refractivity contribution in [1.29, 1.82) is 0 Å². The van der Waals surface area contributed by atoms with Gasteiger partial charge in [-0.3, -0.25) is 14.5 Å². The molecule has 1 saturated heterocycles. The van der Waals surface area contributed by atoms with Crippen molar-refractivity contribution in [2.75, 3.05) is 33.9 Å². The molecule has 2 heterocycles. The molecule has 2 N–H and O–H groups in total. The summed E-state index contributed by atoms with van der Waals surface area (Å²) in [5, 5.41) is 17.1. The van der Waals surface area contributed by atoms with Crippen LogP contribution >= 0.6 is 11.3 Å². The van der Waals surface area contributed by atoms with Crippen molar-refractivity contribution in [2.45, 2.75) is 70.4 Å². The summed E-state index contributed by atoms with van der Waals surface area (Å²) in [6, 6.07) is 12.6. The Labute approximate surface area is 298 Å². The van der Waals surface area contributed by atoms with Gasteiger partial charge in [0.15, 0.2) is 0 Å². The number of sulfonamides is 1. The van der Waals surface area contributed by atoms with Crippen molar-refractivity contribution in [2.24, 2.45) is 11.8 Å². The molecule has 272 valence electrons. The number of aliphatic hydroxyl groups is 1. The van der Waals surface area contributed by atoms with Crippen LogP contribution in [0.5, 0.6) is 5.75 Å². The van der Waals surface area contributed by atoms with E-state index in [0.29, 0.717) is 23.1 Å². The molecular weight excluding hydrogens is 683 g/mol. The van der Waals surface area contributed by atoms with Gasteiger partial charge < -0.3 is 24.8 Å². The van der Waals surface area contributed by atoms with Crippen LogP contribution in [0.15, 0.2) is 64.9 Å². The highest BCUT2D eigenvalue weighted by Gasteiger charge is 2.44. The number of hydrogen-bond acceptors (Lipinski definition) is 10. The molecule has 0 spiro atoms. The largest absolute Gasteiger partial charge is 0.497 e. The zero-order chi connectivity index (χ0) is 36.6. The average molecular weight is 730 g/mol. The van der Waals surface area contributed by atoms with Gasteiger partial charge in [0.05, 0.1) is 43.0 Å². The Morgan fingerprint density at radius 3 is 2.32 bits per heavy atom. The number of aromatic nitrogens is 1. The van der Waals surface area contributed by atoms with Crippen LogP contribution in [0.25, 0.3) is 0 Å². The molecule has 3 aromatic rings. The number of amides is 4. The van der Waals surface area contributed by atoms with E-state index in [1.54, 1.807) is 38.5 Å². The normalized spacial score (nSPS) is 15.6. The zero-order valence-electron chi connectivity index (χ0n) is 29.3. The highest BCUT2D eigenvalue weighted by molar-refractivity contribution is 7.89. The summed E-state index contributed by atoms with van der Waals surface area (Å²) in [6.45, 7) is 7.11. The highest BCUT2D eigenvalue weighted by atomic mass is 32.2. The minimum absolute atomic E-state index is 0.0372. The predicted molar refractivity (Wildman–Crippen MR) is 189 cm³/mol. The van der Waals surface area contributed by atoms with E-state index in [2.05, 4.69) is 10.3 Å². The summed E-state index contributed by atoms with van der Waals surface area (Å²) in [5.41, 5.74) is 1.35. The first-order valence-electron chi connectivity index (χ1n) is 16.4. The maximum absolute atomic E-state index is 14.1. The smallest absolute Gasteiger partial charge is 0.328 e. The van der Waals surface area contributed by atoms with Gasteiger partial charge in [-0.15, -0.1) is 11.3 Å². The Kier molecular flexibility index (Phi) is 13.5. The van der Waals surface area contributed by atoms with E-state index in [-0.39, 0.29) is 43.4 Å². The predicted octanol–water partition coefficient (Wildman–Crippen LogP) is 3.52. The minimum Gasteiger partial charge on any atom is -0.497 e. The SMILES string of the molecule is COCc1nc(CN2C(=O)CN(C(C(=O)N[C@@H](Cc3ccccc3)[C@H](O)CN(CC(C)C)S(=O)(=O)c3ccc(OC)cc3)C(C)C)C2=O)cs1. The average Bonchev–Trinajstić information content (AvgIpc) is 3.63. The first-order chi connectivity index (χ1) is 23.7. The summed E-state index contributed by atoms with van der Waals surface area (Å²) in [4.78, 5) is 47.6. The molecule has 0 aliphatic carbocycles. The van der Waals surface area contributed by atoms with E-state index in [1.807, 2.05) is 44.2 Å². The van der Waals surface area contributed by atoms with Crippen molar-refractivity contribution in [3.63, 3.8) is 0 Å². The van der Waals surface area contributed by atoms with Crippen molar-refractivity contribution in [3.05, 3.63) is 76.2 Å². The molecular formula is C35H47N5O8S2. The summed E-state index contributed by atoms with van der Waals surface area (Å²) < 4.78 is 39.2. The van der Waals surface area contributed by atoms with Crippen molar-refractivity contribution in [1.82, 2.24) is 24.4 Å². The first kappa shape index (κ1) is 38.9. The molecule has 0 saturated carbocycles. The number of urea groups is 1. The maximum Gasteiger partial charge on any atom is 0.328 e. The van der Waals surface area contributed by atoms with Crippen molar-refractivity contribution in [3.8, 4) is 5.75 Å². The molecule has 2 aromatic carbocycles. The molecule has 1 fully saturated rings. The van der Waals surface area contributed by atoms with Crippen LogP contribution in [0.3, 0.4) is 0 Å². The van der Waals surface area contributed by atoms with E-state index >= 15 is 0 Å². The molecule has 4 amide bonds. The van der Waals surface area contributed by atoms with Crippen LogP contribution < -0.4 is 10.1 Å². The van der Waals surface area contributed by atoms with E-state index in [4.69, 9.17) is 9.47 Å². The fourth-order valence-electron chi connectivity index (χ4n) is 5.84. The van der Waals surface area contributed by atoms with E-state index in [1.165, 1.54) is 39.8 Å². The van der Waals surface area contributed by atoms with Gasteiger partial charge in [0.2, 0.25) is 15.9 Å². The number of carbonyl (C=O) groups excluding carboxylic acids is 3. The molecule has 1 aromatic heterocycles. The molecule has 0 bridgehead atoms. The lowest BCUT2D eigenvalue weighted by molar-refractivity contribution is -0.129. The van der Waals surface area contributed by atoms with Crippen LogP contribution in [0, 0.1) is 11.8 Å². The highest BCUT2D eigenvalue weighted by Crippen LogP contribution is 2.24. The lowest BCUT2D eigenvalue weighted by atomic mass is 9.97. The summed E-state index contributed by atoms with van der Waals surface area (Å²) in [5.74, 6) is -0.983. The first-order valence-corrected chi connectivity index (χ1v) is 18.8. The van der Waals surface area contributed by atoms with Gasteiger partial charge in [0.25, 0.3) is 5.91 Å². The van der Waals surface area contributed by atoms with E-state index in [9.17, 15) is 27.9 Å². The van der Waals surface area contributed by atoms with Gasteiger partial charge in [-0.25, -0.2) is 18.2 Å². The van der Waals surface area contributed by atoms with E-state index in [0.717, 1.165) is 10.5 Å². The molecule has 1 unspecified atom stereocenters. The number of imide groups is 1. The number of benzene rings is 2. The van der Waals surface area contributed by atoms with Gasteiger partial charge in [0.1, 0.15) is 23.3 Å². The molecule has 0 radical (unpaired) electrons. The van der Waals surface area contributed by atoms with Crippen LogP contribution in [0.2, 0.25) is 0 Å². The Bertz CT molecular complexity index is 1700. The molecule has 13 nitrogen and oxygen atoms in total. The second-order valence-corrected chi connectivity index (χ2v) is 15.9. The van der Waals surface area contributed by atoms with Crippen LogP contribution in [0.4, 0.5) is 4.79 Å². The number of nitrogens with one attached hydrogen (secondary N) is 1. The summed E-state index contributed by atoms with van der Waals surface area (Å²) >= 11 is 1.36. The fourth-order valence-corrected chi connectivity index (χ4v) is 8.22. The second kappa shape index (κ2) is 17.4. The van der Waals surface area contributed by atoms with Gasteiger partial charge in [0, 0.05) is 25.6 Å². The Morgan fingerprint density at radius 1 is 1.04 bits per heavy atom. The fraction of sp³-hybridized carbons (Fsp3) is 0.486. The number of carbonyl (C=O) groups is 3. The van der Waals surface area contributed by atoms with Crippen molar-refractivity contribution < 1.29 is 37.4 Å². The molecule has 1 aliphatic heterocycles. The maximum atomic E-state index is 14.1. The monoisotopic (exact) mass is 729 g/mol. The van der Waals surface area contributed by atoms with Crippen LogP contribution in [-0.2, 0) is 43.9 Å². The Hall–Kier alpha value is -3.89. The Balaban J connectivity index is 1.57. The zero-order valence-corrected chi connectivity index (χ0v) is 30.9. The number of aliphatic hydroxyl groups excluding tert-OH is 1. The van der Waals surface area contributed by atoms with Gasteiger partial charge >= 0.3 is 6.03 Å². The van der Waals surface area contributed by atoms with E-state index < -0.39 is 52.0 Å². The second-order valence-electron chi connectivity index (χ2n) is 13.0. The molecule has 50 heavy (non-hydrogen) atoms. The van der Waals surface area contributed by atoms with Crippen LogP contribution in [0.1, 0.15) is 44.0 Å². The number of ether oxygens (including phenoxy) is 2. The molecule has 4 rings (SSSR count). The molecule has 3 atom stereocenters. The van der Waals surface area contributed by atoms with Gasteiger partial charge in [-0.05, 0) is 48.1 Å². The number of thiazole rings is 1. The molecule has 1 aliphatic rings. The number of rotatable bonds is 18. The minimum atomic E-state index is -4.04. The van der Waals surface area contributed by atoms with Gasteiger partial charge in [-0.2, -0.15) is 4.31 Å². The summed E-state index contributed by atoms with van der Waals surface area (Å²) in [6.07, 6.45) is -1.15. The molecule has 15 heteroatoms. The number of methoxy groups -OCH3 is 2.